The van der Waals surface area contributed by atoms with Gasteiger partial charge in [-0.2, -0.15) is 0 Å². The van der Waals surface area contributed by atoms with E-state index < -0.39 is 12.1 Å². The highest BCUT2D eigenvalue weighted by Crippen LogP contribution is 2.36. The highest BCUT2D eigenvalue weighted by Gasteiger charge is 2.37. The van der Waals surface area contributed by atoms with Crippen molar-refractivity contribution in [2.24, 2.45) is 0 Å². The lowest BCUT2D eigenvalue weighted by Crippen LogP contribution is -2.49. The lowest BCUT2D eigenvalue weighted by Gasteiger charge is -2.41. The topological polar surface area (TPSA) is 84.0 Å². The van der Waals surface area contributed by atoms with E-state index >= 15 is 0 Å². The minimum atomic E-state index is -0.534. The lowest BCUT2D eigenvalue weighted by atomic mass is 9.96. The number of amides is 1. The van der Waals surface area contributed by atoms with E-state index in [0.29, 0.717) is 30.2 Å². The van der Waals surface area contributed by atoms with Gasteiger partial charge in [0.15, 0.2) is 11.5 Å². The number of rotatable bonds is 5. The van der Waals surface area contributed by atoms with E-state index in [1.807, 2.05) is 42.6 Å². The van der Waals surface area contributed by atoms with Crippen molar-refractivity contribution in [2.75, 3.05) is 34.0 Å². The zero-order valence-electron chi connectivity index (χ0n) is 16.4. The maximum absolute atomic E-state index is 13.5. The number of benzene rings is 2. The molecule has 1 saturated heterocycles. The molecule has 4 rings (SSSR count). The molecule has 3 aromatic rings. The van der Waals surface area contributed by atoms with Crippen molar-refractivity contribution in [1.82, 2.24) is 9.88 Å². The molecule has 1 aromatic heterocycles. The molecule has 1 amide bonds. The number of morpholine rings is 1. The van der Waals surface area contributed by atoms with Gasteiger partial charge < -0.3 is 29.2 Å². The molecule has 152 valence electrons. The average molecular weight is 396 g/mol. The summed E-state index contributed by atoms with van der Waals surface area (Å²) in [5, 5.41) is 10.9. The Morgan fingerprint density at radius 1 is 1.21 bits per heavy atom. The molecule has 0 saturated carbocycles. The SMILES string of the molecule is COc1ccc([C@H]2[C@H](CO)OCCN2C(=O)c2cccc3cc[nH]c23)cc1OC. The maximum Gasteiger partial charge on any atom is 0.256 e. The third-order valence-electron chi connectivity index (χ3n) is 5.36. The van der Waals surface area contributed by atoms with Gasteiger partial charge in [0.2, 0.25) is 0 Å². The fraction of sp³-hybridized carbons (Fsp3) is 0.318. The molecule has 2 N–H and O–H groups in total. The van der Waals surface area contributed by atoms with Gasteiger partial charge >= 0.3 is 0 Å². The van der Waals surface area contributed by atoms with Gasteiger partial charge in [0, 0.05) is 18.1 Å². The average Bonchev–Trinajstić information content (AvgIpc) is 3.26. The second-order valence-electron chi connectivity index (χ2n) is 6.90. The van der Waals surface area contributed by atoms with Crippen LogP contribution in [0.2, 0.25) is 0 Å². The van der Waals surface area contributed by atoms with E-state index in [4.69, 9.17) is 14.2 Å². The normalized spacial score (nSPS) is 19.3. The fourth-order valence-corrected chi connectivity index (χ4v) is 3.96. The second kappa shape index (κ2) is 8.14. The molecule has 2 atom stereocenters. The van der Waals surface area contributed by atoms with Crippen LogP contribution in [0, 0.1) is 0 Å². The zero-order chi connectivity index (χ0) is 20.4. The number of hydrogen-bond acceptors (Lipinski definition) is 5. The summed E-state index contributed by atoms with van der Waals surface area (Å²) in [6.45, 7) is 0.586. The number of H-pyrrole nitrogens is 1. The van der Waals surface area contributed by atoms with Gasteiger partial charge in [-0.1, -0.05) is 18.2 Å². The molecule has 0 radical (unpaired) electrons. The number of aliphatic hydroxyl groups excluding tert-OH is 1. The summed E-state index contributed by atoms with van der Waals surface area (Å²) in [5.41, 5.74) is 2.21. The first-order valence-corrected chi connectivity index (χ1v) is 9.49. The quantitative estimate of drug-likeness (QED) is 0.693. The first-order chi connectivity index (χ1) is 14.2. The number of carbonyl (C=O) groups is 1. The van der Waals surface area contributed by atoms with E-state index in [-0.39, 0.29) is 12.5 Å². The highest BCUT2D eigenvalue weighted by atomic mass is 16.5. The number of carbonyl (C=O) groups excluding carboxylic acids is 1. The van der Waals surface area contributed by atoms with Gasteiger partial charge in [-0.25, -0.2) is 0 Å². The van der Waals surface area contributed by atoms with Crippen molar-refractivity contribution in [3.8, 4) is 11.5 Å². The Bertz CT molecular complexity index is 1020. The molecule has 7 nitrogen and oxygen atoms in total. The molecule has 1 fully saturated rings. The van der Waals surface area contributed by atoms with Crippen LogP contribution in [0.25, 0.3) is 10.9 Å². The number of methoxy groups -OCH3 is 2. The number of para-hydroxylation sites is 1. The Balaban J connectivity index is 1.76. The number of aliphatic hydroxyl groups is 1. The van der Waals surface area contributed by atoms with Gasteiger partial charge in [0.05, 0.1) is 44.6 Å². The predicted octanol–water partition coefficient (Wildman–Crippen LogP) is 2.76. The first-order valence-electron chi connectivity index (χ1n) is 9.49. The Labute approximate surface area is 168 Å². The Kier molecular flexibility index (Phi) is 5.42. The summed E-state index contributed by atoms with van der Waals surface area (Å²) in [6, 6.07) is 12.6. The molecule has 29 heavy (non-hydrogen) atoms. The number of hydrogen-bond donors (Lipinski definition) is 2. The van der Waals surface area contributed by atoms with E-state index in [1.54, 1.807) is 25.2 Å². The number of fused-ring (bicyclic) bond motifs is 1. The number of nitrogens with zero attached hydrogens (tertiary/aromatic N) is 1. The third kappa shape index (κ3) is 3.43. The summed E-state index contributed by atoms with van der Waals surface area (Å²) in [7, 11) is 3.14. The molecule has 2 aromatic carbocycles. The van der Waals surface area contributed by atoms with Gasteiger partial charge in [-0.3, -0.25) is 4.79 Å². The predicted molar refractivity (Wildman–Crippen MR) is 108 cm³/mol. The molecule has 1 aliphatic rings. The minimum absolute atomic E-state index is 0.111. The lowest BCUT2D eigenvalue weighted by molar-refractivity contribution is -0.0811. The molecule has 0 spiro atoms. The molecule has 1 aliphatic heterocycles. The number of ether oxygens (including phenoxy) is 3. The summed E-state index contributed by atoms with van der Waals surface area (Å²) in [5.74, 6) is 1.05. The number of nitrogens with one attached hydrogen (secondary N) is 1. The Morgan fingerprint density at radius 3 is 2.79 bits per heavy atom. The van der Waals surface area contributed by atoms with E-state index in [1.165, 1.54) is 0 Å². The summed E-state index contributed by atoms with van der Waals surface area (Å²) in [6.07, 6.45) is 1.29. The van der Waals surface area contributed by atoms with Crippen molar-refractivity contribution in [3.05, 3.63) is 59.8 Å². The van der Waals surface area contributed by atoms with Crippen molar-refractivity contribution in [1.29, 1.82) is 0 Å². The first kappa shape index (κ1) is 19.3. The molecule has 0 bridgehead atoms. The molecule has 7 heteroatoms. The Hall–Kier alpha value is -3.03. The maximum atomic E-state index is 13.5. The fourth-order valence-electron chi connectivity index (χ4n) is 3.96. The van der Waals surface area contributed by atoms with Crippen LogP contribution in [0.5, 0.6) is 11.5 Å². The van der Waals surface area contributed by atoms with Crippen LogP contribution in [0.1, 0.15) is 22.0 Å². The summed E-state index contributed by atoms with van der Waals surface area (Å²) >= 11 is 0. The van der Waals surface area contributed by atoms with Crippen LogP contribution in [0.4, 0.5) is 0 Å². The smallest absolute Gasteiger partial charge is 0.256 e. The number of aromatic amines is 1. The van der Waals surface area contributed by atoms with Gasteiger partial charge in [0.1, 0.15) is 6.10 Å². The molecular formula is C22H24N2O5. The third-order valence-corrected chi connectivity index (χ3v) is 5.36. The standard InChI is InChI=1S/C22H24N2O5/c1-27-17-7-6-15(12-18(17)28-2)21-19(13-25)29-11-10-24(21)22(26)16-5-3-4-14-8-9-23-20(14)16/h3-9,12,19,21,23,25H,10-11,13H2,1-2H3/t19-,21-/m0/s1. The van der Waals surface area contributed by atoms with Crippen molar-refractivity contribution in [3.63, 3.8) is 0 Å². The van der Waals surface area contributed by atoms with E-state index in [9.17, 15) is 9.90 Å². The summed E-state index contributed by atoms with van der Waals surface area (Å²) in [4.78, 5) is 18.5. The second-order valence-corrected chi connectivity index (χ2v) is 6.90. The van der Waals surface area contributed by atoms with E-state index in [0.717, 1.165) is 16.5 Å². The van der Waals surface area contributed by atoms with Crippen LogP contribution >= 0.6 is 0 Å². The van der Waals surface area contributed by atoms with Gasteiger partial charge in [-0.15, -0.1) is 0 Å². The van der Waals surface area contributed by atoms with Crippen LogP contribution in [-0.4, -0.2) is 61.0 Å². The Morgan fingerprint density at radius 2 is 2.03 bits per heavy atom. The molecular weight excluding hydrogens is 372 g/mol. The molecule has 0 aliphatic carbocycles. The largest absolute Gasteiger partial charge is 0.493 e. The van der Waals surface area contributed by atoms with Crippen LogP contribution in [0.15, 0.2) is 48.7 Å². The molecule has 2 heterocycles. The van der Waals surface area contributed by atoms with Crippen molar-refractivity contribution in [2.45, 2.75) is 12.1 Å². The van der Waals surface area contributed by atoms with E-state index in [2.05, 4.69) is 4.98 Å². The van der Waals surface area contributed by atoms with Crippen molar-refractivity contribution < 1.29 is 24.1 Å². The summed E-state index contributed by atoms with van der Waals surface area (Å²) < 4.78 is 16.5. The van der Waals surface area contributed by atoms with Crippen LogP contribution < -0.4 is 9.47 Å². The van der Waals surface area contributed by atoms with Crippen molar-refractivity contribution >= 4 is 16.8 Å². The van der Waals surface area contributed by atoms with Gasteiger partial charge in [0.25, 0.3) is 5.91 Å². The minimum Gasteiger partial charge on any atom is -0.493 e. The highest BCUT2D eigenvalue weighted by molar-refractivity contribution is 6.05. The van der Waals surface area contributed by atoms with Crippen LogP contribution in [0.3, 0.4) is 0 Å². The number of aromatic nitrogens is 1. The van der Waals surface area contributed by atoms with Crippen LogP contribution in [-0.2, 0) is 4.74 Å². The van der Waals surface area contributed by atoms with Gasteiger partial charge in [-0.05, 0) is 29.8 Å². The molecule has 0 unspecified atom stereocenters. The zero-order valence-corrected chi connectivity index (χ0v) is 16.4. The monoisotopic (exact) mass is 396 g/mol.